The molecule has 0 bridgehead atoms. The van der Waals surface area contributed by atoms with Crippen molar-refractivity contribution in [2.75, 3.05) is 4.90 Å². The number of rotatable bonds is 6. The molecule has 0 saturated carbocycles. The fourth-order valence-corrected chi connectivity index (χ4v) is 8.13. The molecule has 10 aromatic carbocycles. The predicted molar refractivity (Wildman–Crippen MR) is 227 cm³/mol. The summed E-state index contributed by atoms with van der Waals surface area (Å²) in [4.78, 5) is 2.39. The van der Waals surface area contributed by atoms with Gasteiger partial charge in [-0.05, 0) is 107 Å². The Morgan fingerprint density at radius 2 is 0.774 bits per heavy atom. The lowest BCUT2D eigenvalue weighted by molar-refractivity contribution is 1.30. The Morgan fingerprint density at radius 3 is 1.51 bits per heavy atom. The highest BCUT2D eigenvalue weighted by Crippen LogP contribution is 2.46. The molecule has 0 atom stereocenters. The van der Waals surface area contributed by atoms with Crippen LogP contribution >= 0.6 is 0 Å². The second-order valence-corrected chi connectivity index (χ2v) is 13.7. The molecule has 0 heterocycles. The third kappa shape index (κ3) is 5.42. The summed E-state index contributed by atoms with van der Waals surface area (Å²) in [5.74, 6) is 0. The Morgan fingerprint density at radius 1 is 0.245 bits per heavy atom. The van der Waals surface area contributed by atoms with Crippen LogP contribution in [0.15, 0.2) is 212 Å². The molecule has 0 aliphatic carbocycles. The molecule has 53 heavy (non-hydrogen) atoms. The Hall–Kier alpha value is -6.96. The lowest BCUT2D eigenvalue weighted by Gasteiger charge is -2.27. The van der Waals surface area contributed by atoms with Crippen molar-refractivity contribution in [2.24, 2.45) is 0 Å². The maximum atomic E-state index is 2.40. The molecule has 10 rings (SSSR count). The zero-order valence-electron chi connectivity index (χ0n) is 29.2. The molecule has 0 spiro atoms. The Labute approximate surface area is 309 Å². The second-order valence-electron chi connectivity index (χ2n) is 13.7. The van der Waals surface area contributed by atoms with Crippen molar-refractivity contribution in [1.29, 1.82) is 0 Å². The largest absolute Gasteiger partial charge is 0.310 e. The molecule has 0 aliphatic rings. The van der Waals surface area contributed by atoms with E-state index in [9.17, 15) is 0 Å². The average molecular weight is 674 g/mol. The second kappa shape index (κ2) is 13.0. The SMILES string of the molecule is c1ccc(-c2c(-c3ccccc3)c3cc(-c4ccc(N(c5ccc6ccccc6c5)c5cccc6ccccc56)cc4)ccc3c3ccccc23)cc1. The van der Waals surface area contributed by atoms with E-state index in [1.54, 1.807) is 0 Å². The van der Waals surface area contributed by atoms with Crippen LogP contribution in [0, 0.1) is 0 Å². The van der Waals surface area contributed by atoms with E-state index in [2.05, 4.69) is 217 Å². The number of hydrogen-bond donors (Lipinski definition) is 0. The summed E-state index contributed by atoms with van der Waals surface area (Å²) in [6.45, 7) is 0. The summed E-state index contributed by atoms with van der Waals surface area (Å²) < 4.78 is 0. The van der Waals surface area contributed by atoms with Crippen molar-refractivity contribution in [1.82, 2.24) is 0 Å². The van der Waals surface area contributed by atoms with Gasteiger partial charge in [0, 0.05) is 16.8 Å². The van der Waals surface area contributed by atoms with Crippen LogP contribution in [0.1, 0.15) is 0 Å². The fraction of sp³-hybridized carbons (Fsp3) is 0. The lowest BCUT2D eigenvalue weighted by Crippen LogP contribution is -2.10. The first-order valence-corrected chi connectivity index (χ1v) is 18.3. The lowest BCUT2D eigenvalue weighted by atomic mass is 9.84. The van der Waals surface area contributed by atoms with E-state index in [0.29, 0.717) is 0 Å². The zero-order valence-corrected chi connectivity index (χ0v) is 29.2. The van der Waals surface area contributed by atoms with E-state index in [1.165, 1.54) is 76.5 Å². The Bertz CT molecular complexity index is 2920. The Kier molecular flexibility index (Phi) is 7.55. The van der Waals surface area contributed by atoms with Gasteiger partial charge in [0.1, 0.15) is 0 Å². The number of anilines is 3. The van der Waals surface area contributed by atoms with Crippen molar-refractivity contribution in [3.05, 3.63) is 212 Å². The summed E-state index contributed by atoms with van der Waals surface area (Å²) in [7, 11) is 0. The minimum Gasteiger partial charge on any atom is -0.310 e. The highest BCUT2D eigenvalue weighted by Gasteiger charge is 2.19. The third-order valence-corrected chi connectivity index (χ3v) is 10.6. The molecule has 1 heteroatoms. The number of hydrogen-bond acceptors (Lipinski definition) is 1. The van der Waals surface area contributed by atoms with Crippen molar-refractivity contribution < 1.29 is 0 Å². The van der Waals surface area contributed by atoms with Gasteiger partial charge in [0.2, 0.25) is 0 Å². The summed E-state index contributed by atoms with van der Waals surface area (Å²) in [5, 5.41) is 9.95. The van der Waals surface area contributed by atoms with Gasteiger partial charge in [-0.15, -0.1) is 0 Å². The molecule has 10 aromatic rings. The minimum absolute atomic E-state index is 1.11. The molecule has 0 fully saturated rings. The topological polar surface area (TPSA) is 3.24 Å². The maximum absolute atomic E-state index is 2.40. The first-order valence-electron chi connectivity index (χ1n) is 18.3. The maximum Gasteiger partial charge on any atom is 0.0540 e. The van der Waals surface area contributed by atoms with Crippen molar-refractivity contribution in [2.45, 2.75) is 0 Å². The zero-order chi connectivity index (χ0) is 35.1. The van der Waals surface area contributed by atoms with Crippen LogP contribution in [0.2, 0.25) is 0 Å². The van der Waals surface area contributed by atoms with Crippen LogP contribution < -0.4 is 4.90 Å². The van der Waals surface area contributed by atoms with Crippen LogP contribution in [0.25, 0.3) is 76.5 Å². The van der Waals surface area contributed by atoms with Crippen LogP contribution in [0.3, 0.4) is 0 Å². The smallest absolute Gasteiger partial charge is 0.0540 e. The molecule has 248 valence electrons. The van der Waals surface area contributed by atoms with Gasteiger partial charge >= 0.3 is 0 Å². The molecular formula is C52H35N. The van der Waals surface area contributed by atoms with Crippen LogP contribution in [0.5, 0.6) is 0 Å². The highest BCUT2D eigenvalue weighted by atomic mass is 15.1. The number of fused-ring (bicyclic) bond motifs is 5. The first kappa shape index (κ1) is 30.8. The van der Waals surface area contributed by atoms with Crippen molar-refractivity contribution >= 4 is 60.2 Å². The van der Waals surface area contributed by atoms with E-state index < -0.39 is 0 Å². The molecule has 1 nitrogen and oxygen atoms in total. The molecule has 0 aliphatic heterocycles. The normalized spacial score (nSPS) is 11.4. The van der Waals surface area contributed by atoms with Gasteiger partial charge in [0.25, 0.3) is 0 Å². The number of benzene rings is 10. The fourth-order valence-electron chi connectivity index (χ4n) is 8.13. The highest BCUT2D eigenvalue weighted by molar-refractivity contribution is 6.22. The van der Waals surface area contributed by atoms with Gasteiger partial charge < -0.3 is 4.90 Å². The molecule has 0 amide bonds. The third-order valence-electron chi connectivity index (χ3n) is 10.6. The van der Waals surface area contributed by atoms with Gasteiger partial charge in [-0.3, -0.25) is 0 Å². The summed E-state index contributed by atoms with van der Waals surface area (Å²) >= 11 is 0. The molecule has 0 unspecified atom stereocenters. The van der Waals surface area contributed by atoms with Gasteiger partial charge in [-0.1, -0.05) is 176 Å². The Balaban J connectivity index is 1.16. The summed E-state index contributed by atoms with van der Waals surface area (Å²) in [5.41, 5.74) is 10.8. The van der Waals surface area contributed by atoms with Crippen LogP contribution in [-0.2, 0) is 0 Å². The van der Waals surface area contributed by atoms with E-state index >= 15 is 0 Å². The molecular weight excluding hydrogens is 639 g/mol. The molecule has 0 saturated heterocycles. The van der Waals surface area contributed by atoms with Gasteiger partial charge in [-0.2, -0.15) is 0 Å². The molecule has 0 N–H and O–H groups in total. The van der Waals surface area contributed by atoms with E-state index in [1.807, 2.05) is 0 Å². The summed E-state index contributed by atoms with van der Waals surface area (Å²) in [6, 6.07) is 77.2. The van der Waals surface area contributed by atoms with Crippen molar-refractivity contribution in [3.63, 3.8) is 0 Å². The van der Waals surface area contributed by atoms with E-state index in [-0.39, 0.29) is 0 Å². The van der Waals surface area contributed by atoms with E-state index in [0.717, 1.165) is 17.1 Å². The monoisotopic (exact) mass is 673 g/mol. The summed E-state index contributed by atoms with van der Waals surface area (Å²) in [6.07, 6.45) is 0. The van der Waals surface area contributed by atoms with Crippen LogP contribution in [-0.4, -0.2) is 0 Å². The van der Waals surface area contributed by atoms with Gasteiger partial charge in [0.05, 0.1) is 5.69 Å². The average Bonchev–Trinajstić information content (AvgIpc) is 3.24. The van der Waals surface area contributed by atoms with Crippen LogP contribution in [0.4, 0.5) is 17.1 Å². The van der Waals surface area contributed by atoms with Gasteiger partial charge in [0.15, 0.2) is 0 Å². The molecule has 0 radical (unpaired) electrons. The minimum atomic E-state index is 1.11. The standard InChI is InChI=1S/C52H35N/c1-3-16-39(17-4-1)51-48-24-12-11-23-46(48)47-33-29-42(35-49(47)52(51)40-18-5-2-6-19-40)37-26-30-43(31-27-37)53(44-32-28-36-14-7-8-20-41(36)34-44)50-25-13-21-38-15-9-10-22-45(38)50/h1-35H. The van der Waals surface area contributed by atoms with Crippen molar-refractivity contribution in [3.8, 4) is 33.4 Å². The predicted octanol–water partition coefficient (Wildman–Crippen LogP) is 14.8. The van der Waals surface area contributed by atoms with Gasteiger partial charge in [-0.25, -0.2) is 0 Å². The quantitative estimate of drug-likeness (QED) is 0.159. The van der Waals surface area contributed by atoms with E-state index in [4.69, 9.17) is 0 Å². The molecule has 0 aromatic heterocycles. The first-order chi connectivity index (χ1) is 26.3. The number of nitrogens with zero attached hydrogens (tertiary/aromatic N) is 1.